The Morgan fingerprint density at radius 3 is 2.74 bits per heavy atom. The van der Waals surface area contributed by atoms with Crippen molar-refractivity contribution in [3.8, 4) is 0 Å². The molecule has 0 aliphatic heterocycles. The van der Waals surface area contributed by atoms with Gasteiger partial charge in [0.1, 0.15) is 11.3 Å². The number of aromatic nitrogens is 3. The van der Waals surface area contributed by atoms with Crippen LogP contribution in [-0.2, 0) is 16.3 Å². The zero-order valence-corrected chi connectivity index (χ0v) is 15.0. The molecule has 0 atom stereocenters. The van der Waals surface area contributed by atoms with E-state index < -0.39 is 25.3 Å². The summed E-state index contributed by atoms with van der Waals surface area (Å²) in [6.45, 7) is 1.86. The van der Waals surface area contributed by atoms with Gasteiger partial charge in [-0.2, -0.15) is 0 Å². The molecule has 0 saturated heterocycles. The van der Waals surface area contributed by atoms with Crippen LogP contribution in [0.1, 0.15) is 12.7 Å². The molecular formula is C18H14N4O4S. The quantitative estimate of drug-likeness (QED) is 0.427. The van der Waals surface area contributed by atoms with Crippen LogP contribution in [0.15, 0.2) is 58.6 Å². The molecule has 27 heavy (non-hydrogen) atoms. The number of benzene rings is 2. The molecule has 0 amide bonds. The largest absolute Gasteiger partial charge is 0.342 e. The molecular weight excluding hydrogens is 368 g/mol. The highest BCUT2D eigenvalue weighted by atomic mass is 32.2. The number of hydrogen-bond donors (Lipinski definition) is 1. The number of pyridine rings is 1. The SMILES string of the molecule is CCc1nc2c(S(=O)(=O)c3cccc4cnccc34)c([N+](=O)[O-])ccc2[nH]1. The molecule has 8 nitrogen and oxygen atoms in total. The van der Waals surface area contributed by atoms with Gasteiger partial charge in [-0.05, 0) is 18.2 Å². The lowest BCUT2D eigenvalue weighted by Gasteiger charge is -2.09. The van der Waals surface area contributed by atoms with Gasteiger partial charge in [0.05, 0.1) is 15.3 Å². The maximum atomic E-state index is 13.5. The molecule has 0 aliphatic rings. The Labute approximate surface area is 154 Å². The van der Waals surface area contributed by atoms with Crippen molar-refractivity contribution in [3.63, 3.8) is 0 Å². The van der Waals surface area contributed by atoms with Crippen molar-refractivity contribution in [1.29, 1.82) is 0 Å². The van der Waals surface area contributed by atoms with E-state index in [-0.39, 0.29) is 10.4 Å². The summed E-state index contributed by atoms with van der Waals surface area (Å²) in [5.74, 6) is 0.559. The van der Waals surface area contributed by atoms with Gasteiger partial charge in [0.25, 0.3) is 5.69 Å². The number of H-pyrrole nitrogens is 1. The van der Waals surface area contributed by atoms with Crippen molar-refractivity contribution in [2.45, 2.75) is 23.1 Å². The van der Waals surface area contributed by atoms with Crippen LogP contribution >= 0.6 is 0 Å². The number of nitro groups is 1. The standard InChI is InChI=1S/C18H14N4O4S/c1-2-16-20-13-6-7-14(22(23)24)18(17(13)21-16)27(25,26)15-5-3-4-11-10-19-9-8-12(11)15/h3-10H,2H2,1H3,(H,20,21). The van der Waals surface area contributed by atoms with Crippen LogP contribution in [0.5, 0.6) is 0 Å². The van der Waals surface area contributed by atoms with E-state index in [0.29, 0.717) is 28.5 Å². The van der Waals surface area contributed by atoms with Gasteiger partial charge in [0.15, 0.2) is 4.90 Å². The van der Waals surface area contributed by atoms with E-state index in [1.807, 2.05) is 6.92 Å². The van der Waals surface area contributed by atoms with Crippen LogP contribution < -0.4 is 0 Å². The molecule has 4 aromatic rings. The molecule has 0 bridgehead atoms. The van der Waals surface area contributed by atoms with Crippen LogP contribution in [0.4, 0.5) is 5.69 Å². The van der Waals surface area contributed by atoms with Gasteiger partial charge in [-0.3, -0.25) is 15.1 Å². The van der Waals surface area contributed by atoms with Crippen LogP contribution in [0.3, 0.4) is 0 Å². The summed E-state index contributed by atoms with van der Waals surface area (Å²) in [5, 5.41) is 12.7. The fourth-order valence-corrected chi connectivity index (χ4v) is 4.89. The van der Waals surface area contributed by atoms with E-state index in [1.54, 1.807) is 24.4 Å². The number of imidazole rings is 1. The van der Waals surface area contributed by atoms with Crippen molar-refractivity contribution < 1.29 is 13.3 Å². The summed E-state index contributed by atoms with van der Waals surface area (Å²) < 4.78 is 27.0. The lowest BCUT2D eigenvalue weighted by atomic mass is 10.2. The molecule has 0 fully saturated rings. The van der Waals surface area contributed by atoms with E-state index in [2.05, 4.69) is 15.0 Å². The third-order valence-electron chi connectivity index (χ3n) is 4.37. The second-order valence-corrected chi connectivity index (χ2v) is 7.82. The highest BCUT2D eigenvalue weighted by molar-refractivity contribution is 7.92. The number of nitrogens with zero attached hydrogens (tertiary/aromatic N) is 3. The van der Waals surface area contributed by atoms with Crippen molar-refractivity contribution in [1.82, 2.24) is 15.0 Å². The third kappa shape index (κ3) is 2.63. The monoisotopic (exact) mass is 382 g/mol. The second-order valence-electron chi connectivity index (χ2n) is 5.96. The Hall–Kier alpha value is -3.33. The van der Waals surface area contributed by atoms with Crippen molar-refractivity contribution in [2.24, 2.45) is 0 Å². The maximum absolute atomic E-state index is 13.5. The number of rotatable bonds is 4. The molecule has 0 saturated carbocycles. The van der Waals surface area contributed by atoms with E-state index in [0.717, 1.165) is 0 Å². The molecule has 0 radical (unpaired) electrons. The molecule has 136 valence electrons. The highest BCUT2D eigenvalue weighted by Gasteiger charge is 2.33. The normalized spacial score (nSPS) is 11.9. The number of nitro benzene ring substituents is 1. The molecule has 9 heteroatoms. The Morgan fingerprint density at radius 1 is 1.19 bits per heavy atom. The minimum atomic E-state index is -4.21. The molecule has 0 aliphatic carbocycles. The van der Waals surface area contributed by atoms with E-state index in [1.165, 1.54) is 24.4 Å². The van der Waals surface area contributed by atoms with Gasteiger partial charge in [-0.1, -0.05) is 19.1 Å². The minimum Gasteiger partial charge on any atom is -0.342 e. The first-order chi connectivity index (χ1) is 12.9. The Balaban J connectivity index is 2.12. The zero-order valence-electron chi connectivity index (χ0n) is 14.2. The first-order valence-corrected chi connectivity index (χ1v) is 9.65. The Morgan fingerprint density at radius 2 is 2.00 bits per heavy atom. The lowest BCUT2D eigenvalue weighted by Crippen LogP contribution is -2.07. The number of fused-ring (bicyclic) bond motifs is 2. The molecule has 2 heterocycles. The Kier molecular flexibility index (Phi) is 3.88. The maximum Gasteiger partial charge on any atom is 0.290 e. The van der Waals surface area contributed by atoms with Gasteiger partial charge in [-0.15, -0.1) is 0 Å². The summed E-state index contributed by atoms with van der Waals surface area (Å²) in [6, 6.07) is 9.01. The van der Waals surface area contributed by atoms with Crippen LogP contribution in [0.2, 0.25) is 0 Å². The predicted octanol–water partition coefficient (Wildman–Crippen LogP) is 3.41. The smallest absolute Gasteiger partial charge is 0.290 e. The highest BCUT2D eigenvalue weighted by Crippen LogP contribution is 2.37. The first kappa shape index (κ1) is 17.1. The van der Waals surface area contributed by atoms with Crippen LogP contribution in [0.25, 0.3) is 21.8 Å². The molecule has 4 rings (SSSR count). The predicted molar refractivity (Wildman–Crippen MR) is 99.3 cm³/mol. The van der Waals surface area contributed by atoms with Crippen LogP contribution in [-0.4, -0.2) is 28.3 Å². The van der Waals surface area contributed by atoms with Gasteiger partial charge in [0.2, 0.25) is 9.84 Å². The molecule has 2 aromatic carbocycles. The average molecular weight is 382 g/mol. The third-order valence-corrected chi connectivity index (χ3v) is 6.24. The summed E-state index contributed by atoms with van der Waals surface area (Å²) in [5.41, 5.74) is 0.0211. The van der Waals surface area contributed by atoms with Gasteiger partial charge in [0, 0.05) is 35.7 Å². The van der Waals surface area contributed by atoms with Crippen molar-refractivity contribution in [3.05, 3.63) is 64.7 Å². The molecule has 0 unspecified atom stereocenters. The van der Waals surface area contributed by atoms with E-state index in [9.17, 15) is 18.5 Å². The zero-order chi connectivity index (χ0) is 19.2. The lowest BCUT2D eigenvalue weighted by molar-refractivity contribution is -0.387. The fraction of sp³-hybridized carbons (Fsp3) is 0.111. The van der Waals surface area contributed by atoms with Crippen molar-refractivity contribution in [2.75, 3.05) is 0 Å². The van der Waals surface area contributed by atoms with Crippen molar-refractivity contribution >= 4 is 37.3 Å². The average Bonchev–Trinajstić information content (AvgIpc) is 3.09. The molecule has 0 spiro atoms. The van der Waals surface area contributed by atoms with E-state index >= 15 is 0 Å². The van der Waals surface area contributed by atoms with Gasteiger partial charge >= 0.3 is 0 Å². The number of aryl methyl sites for hydroxylation is 1. The second kappa shape index (κ2) is 6.13. The summed E-state index contributed by atoms with van der Waals surface area (Å²) in [4.78, 5) is 21.8. The first-order valence-electron chi connectivity index (χ1n) is 8.17. The summed E-state index contributed by atoms with van der Waals surface area (Å²) >= 11 is 0. The molecule has 2 aromatic heterocycles. The van der Waals surface area contributed by atoms with Gasteiger partial charge in [-0.25, -0.2) is 13.4 Å². The molecule has 1 N–H and O–H groups in total. The van der Waals surface area contributed by atoms with E-state index in [4.69, 9.17) is 0 Å². The van der Waals surface area contributed by atoms with Crippen LogP contribution in [0, 0.1) is 10.1 Å². The summed E-state index contributed by atoms with van der Waals surface area (Å²) in [6.07, 6.45) is 3.58. The van der Waals surface area contributed by atoms with Gasteiger partial charge < -0.3 is 4.98 Å². The number of sulfone groups is 1. The fourth-order valence-electron chi connectivity index (χ4n) is 3.10. The number of nitrogens with one attached hydrogen (secondary N) is 1. The summed E-state index contributed by atoms with van der Waals surface area (Å²) in [7, 11) is -4.21. The number of aromatic amines is 1. The topological polar surface area (TPSA) is 119 Å². The Bertz CT molecular complexity index is 1310. The minimum absolute atomic E-state index is 0.0148. The number of hydrogen-bond acceptors (Lipinski definition) is 6.